The number of hydrogen-bond donors (Lipinski definition) is 2. The lowest BCUT2D eigenvalue weighted by Crippen LogP contribution is -1.77. The van der Waals surface area contributed by atoms with E-state index >= 15 is 0 Å². The number of benzene rings is 1. The summed E-state index contributed by atoms with van der Waals surface area (Å²) in [5, 5.41) is 0. The van der Waals surface area contributed by atoms with Crippen molar-refractivity contribution in [3.05, 3.63) is 107 Å². The first-order valence-electron chi connectivity index (χ1n) is 10.6. The molecule has 0 amide bonds. The third kappa shape index (κ3) is 4.73. The molecule has 2 aliphatic heterocycles. The van der Waals surface area contributed by atoms with E-state index in [9.17, 15) is 4.79 Å². The largest absolute Gasteiger partial charge is 0.355 e. The monoisotopic (exact) mass is 418 g/mol. The molecule has 0 fully saturated rings. The zero-order chi connectivity index (χ0) is 21.8. The summed E-state index contributed by atoms with van der Waals surface area (Å²) in [7, 11) is 0. The Labute approximate surface area is 185 Å². The number of fused-ring (bicyclic) bond motifs is 8. The van der Waals surface area contributed by atoms with Gasteiger partial charge in [-0.2, -0.15) is 0 Å². The normalized spacial score (nSPS) is 12.1. The second kappa shape index (κ2) is 8.86. The summed E-state index contributed by atoms with van der Waals surface area (Å²) in [6, 6.07) is 25.8. The van der Waals surface area contributed by atoms with Crippen LogP contribution in [0.4, 0.5) is 0 Å². The van der Waals surface area contributed by atoms with E-state index in [0.29, 0.717) is 0 Å². The van der Waals surface area contributed by atoms with Crippen LogP contribution in [0, 0.1) is 0 Å². The number of carbonyl (C=O) groups is 1. The van der Waals surface area contributed by atoms with E-state index in [-0.39, 0.29) is 0 Å². The van der Waals surface area contributed by atoms with Crippen molar-refractivity contribution in [3.8, 4) is 0 Å². The highest BCUT2D eigenvalue weighted by molar-refractivity contribution is 5.75. The fourth-order valence-electron chi connectivity index (χ4n) is 3.72. The van der Waals surface area contributed by atoms with Crippen molar-refractivity contribution in [2.75, 3.05) is 0 Å². The number of aldehydes is 1. The van der Waals surface area contributed by atoms with Gasteiger partial charge in [-0.1, -0.05) is 30.3 Å². The Hall–Kier alpha value is -4.25. The lowest BCUT2D eigenvalue weighted by molar-refractivity contribution is 0.112. The van der Waals surface area contributed by atoms with Crippen LogP contribution in [0.3, 0.4) is 0 Å². The predicted molar refractivity (Wildman–Crippen MR) is 129 cm³/mol. The summed E-state index contributed by atoms with van der Waals surface area (Å²) < 4.78 is 0. The van der Waals surface area contributed by atoms with Crippen LogP contribution in [0.5, 0.6) is 0 Å². The molecule has 0 aliphatic carbocycles. The molecule has 0 spiro atoms. The van der Waals surface area contributed by atoms with Crippen molar-refractivity contribution >= 4 is 40.5 Å². The molecule has 8 bridgehead atoms. The standard InChI is InChI=1S/C20H16N4.C7H6O/c1-2-14-10-16-5-6-18(23-16)12-20-8-7-19(24-20)11-17-4-3-15(22-17)9-13(1)21-14;8-6-7-4-2-1-3-5-7/h1-6,9-12,22-23H,7-8H2;1-6H. The third-order valence-corrected chi connectivity index (χ3v) is 5.26. The number of hydrogen-bond acceptors (Lipinski definition) is 3. The summed E-state index contributed by atoms with van der Waals surface area (Å²) in [4.78, 5) is 26.2. The second-order valence-electron chi connectivity index (χ2n) is 7.73. The van der Waals surface area contributed by atoms with Crippen LogP contribution in [0.15, 0.2) is 78.9 Å². The average Bonchev–Trinajstić information content (AvgIpc) is 3.61. The van der Waals surface area contributed by atoms with Gasteiger partial charge in [-0.25, -0.2) is 4.98 Å². The van der Waals surface area contributed by atoms with Crippen LogP contribution in [-0.2, 0) is 12.8 Å². The maximum absolute atomic E-state index is 10.0. The zero-order valence-corrected chi connectivity index (χ0v) is 17.5. The van der Waals surface area contributed by atoms with Crippen molar-refractivity contribution in [2.24, 2.45) is 0 Å². The molecule has 0 radical (unpaired) electrons. The number of H-pyrrole nitrogens is 2. The third-order valence-electron chi connectivity index (χ3n) is 5.26. The van der Waals surface area contributed by atoms with Gasteiger partial charge in [-0.3, -0.25) is 9.78 Å². The molecular weight excluding hydrogens is 396 g/mol. The molecule has 0 saturated carbocycles. The molecule has 4 aromatic rings. The van der Waals surface area contributed by atoms with Crippen molar-refractivity contribution in [1.82, 2.24) is 19.9 Å². The number of aryl methyl sites for hydroxylation is 2. The topological polar surface area (TPSA) is 74.4 Å². The minimum Gasteiger partial charge on any atom is -0.355 e. The highest BCUT2D eigenvalue weighted by atomic mass is 16.1. The second-order valence-corrected chi connectivity index (χ2v) is 7.73. The highest BCUT2D eigenvalue weighted by Crippen LogP contribution is 2.16. The SMILES string of the molecule is C1=Cc2cc3ccc(cc4nc(cc5ccc(cc1n2)[nH]5)CC4)[nH]3.O=Cc1ccccc1. The van der Waals surface area contributed by atoms with Gasteiger partial charge in [0, 0.05) is 39.0 Å². The number of rotatable bonds is 1. The summed E-state index contributed by atoms with van der Waals surface area (Å²) in [5.74, 6) is 0. The Balaban J connectivity index is 0.000000230. The van der Waals surface area contributed by atoms with Crippen LogP contribution < -0.4 is 0 Å². The van der Waals surface area contributed by atoms with Gasteiger partial charge in [-0.15, -0.1) is 0 Å². The fourth-order valence-corrected chi connectivity index (χ4v) is 3.72. The quantitative estimate of drug-likeness (QED) is 0.339. The van der Waals surface area contributed by atoms with Crippen LogP contribution in [0.25, 0.3) is 34.2 Å². The van der Waals surface area contributed by atoms with E-state index in [0.717, 1.165) is 69.5 Å². The van der Waals surface area contributed by atoms with Gasteiger partial charge in [0.2, 0.25) is 0 Å². The molecule has 5 nitrogen and oxygen atoms in total. The average molecular weight is 419 g/mol. The van der Waals surface area contributed by atoms with Gasteiger partial charge >= 0.3 is 0 Å². The number of nitrogens with zero attached hydrogens (tertiary/aromatic N) is 2. The molecule has 32 heavy (non-hydrogen) atoms. The maximum atomic E-state index is 10.0. The van der Waals surface area contributed by atoms with Crippen molar-refractivity contribution < 1.29 is 4.79 Å². The molecular formula is C27H22N4O. The zero-order valence-electron chi connectivity index (χ0n) is 17.5. The number of aromatic nitrogens is 4. The van der Waals surface area contributed by atoms with E-state index in [2.05, 4.69) is 63.5 Å². The lowest BCUT2D eigenvalue weighted by atomic mass is 10.2. The van der Waals surface area contributed by atoms with Gasteiger partial charge in [0.1, 0.15) is 6.29 Å². The minimum absolute atomic E-state index is 0.729. The molecule has 0 unspecified atom stereocenters. The van der Waals surface area contributed by atoms with Crippen LogP contribution in [0.1, 0.15) is 33.1 Å². The lowest BCUT2D eigenvalue weighted by Gasteiger charge is -1.85. The Kier molecular flexibility index (Phi) is 5.45. The number of nitrogens with one attached hydrogen (secondary N) is 2. The molecule has 2 N–H and O–H groups in total. The Morgan fingerprint density at radius 2 is 1.12 bits per heavy atom. The molecule has 6 rings (SSSR count). The molecule has 0 saturated heterocycles. The van der Waals surface area contributed by atoms with E-state index in [4.69, 9.17) is 4.98 Å². The van der Waals surface area contributed by atoms with E-state index < -0.39 is 0 Å². The van der Waals surface area contributed by atoms with Gasteiger partial charge in [0.25, 0.3) is 0 Å². The van der Waals surface area contributed by atoms with E-state index in [1.807, 2.05) is 30.4 Å². The van der Waals surface area contributed by atoms with Gasteiger partial charge in [-0.05, 0) is 73.5 Å². The summed E-state index contributed by atoms with van der Waals surface area (Å²) in [6.45, 7) is 0. The first-order valence-corrected chi connectivity index (χ1v) is 10.6. The smallest absolute Gasteiger partial charge is 0.150 e. The van der Waals surface area contributed by atoms with Crippen molar-refractivity contribution in [1.29, 1.82) is 0 Å². The minimum atomic E-state index is 0.729. The first-order chi connectivity index (χ1) is 15.7. The Morgan fingerprint density at radius 1 is 0.625 bits per heavy atom. The number of aromatic amines is 2. The molecule has 2 aliphatic rings. The molecule has 5 heterocycles. The molecule has 0 atom stereocenters. The van der Waals surface area contributed by atoms with Gasteiger partial charge < -0.3 is 9.97 Å². The predicted octanol–water partition coefficient (Wildman–Crippen LogP) is 5.77. The van der Waals surface area contributed by atoms with Crippen LogP contribution in [0.2, 0.25) is 0 Å². The van der Waals surface area contributed by atoms with E-state index in [1.165, 1.54) is 0 Å². The first kappa shape index (κ1) is 19.7. The summed E-state index contributed by atoms with van der Waals surface area (Å²) in [6.07, 6.45) is 6.87. The Morgan fingerprint density at radius 3 is 1.59 bits per heavy atom. The highest BCUT2D eigenvalue weighted by Gasteiger charge is 2.06. The summed E-state index contributed by atoms with van der Waals surface area (Å²) in [5.41, 5.74) is 9.13. The molecule has 1 aromatic carbocycles. The van der Waals surface area contributed by atoms with Gasteiger partial charge in [0.05, 0.1) is 11.4 Å². The van der Waals surface area contributed by atoms with Gasteiger partial charge in [0.15, 0.2) is 0 Å². The van der Waals surface area contributed by atoms with Crippen LogP contribution >= 0.6 is 0 Å². The number of carbonyl (C=O) groups excluding carboxylic acids is 1. The maximum Gasteiger partial charge on any atom is 0.150 e. The van der Waals surface area contributed by atoms with Crippen molar-refractivity contribution in [2.45, 2.75) is 12.8 Å². The summed E-state index contributed by atoms with van der Waals surface area (Å²) >= 11 is 0. The fraction of sp³-hybridized carbons (Fsp3) is 0.0741. The van der Waals surface area contributed by atoms with Crippen LogP contribution in [-0.4, -0.2) is 26.2 Å². The van der Waals surface area contributed by atoms with E-state index in [1.54, 1.807) is 12.1 Å². The molecule has 3 aromatic heterocycles. The van der Waals surface area contributed by atoms with Crippen molar-refractivity contribution in [3.63, 3.8) is 0 Å². The molecule has 156 valence electrons. The Bertz CT molecular complexity index is 1360. The molecule has 5 heteroatoms.